The summed E-state index contributed by atoms with van der Waals surface area (Å²) in [5.41, 5.74) is 15.1. The predicted molar refractivity (Wildman–Crippen MR) is 246 cm³/mol. The van der Waals surface area contributed by atoms with E-state index in [1.165, 1.54) is 110 Å². The fourth-order valence-corrected chi connectivity index (χ4v) is 13.0. The molecule has 0 saturated carbocycles. The summed E-state index contributed by atoms with van der Waals surface area (Å²) in [6.45, 7) is 5.06. The van der Waals surface area contributed by atoms with Gasteiger partial charge in [0.1, 0.15) is 8.07 Å². The SMILES string of the molecule is C[Si]1(C)c2cc(-c3ccc4c5ccccc5n(-c5ccccc5)c4c3)ccc2-c2ccc(-c3ccc4c5ccccc5n(-c5ccc6ccccc6c5)c4c3)cc21. The van der Waals surface area contributed by atoms with Crippen molar-refractivity contribution in [1.29, 1.82) is 0 Å². The van der Waals surface area contributed by atoms with Crippen LogP contribution in [0.3, 0.4) is 0 Å². The molecule has 0 amide bonds. The number of benzene rings is 9. The number of para-hydroxylation sites is 3. The number of fused-ring (bicyclic) bond motifs is 10. The number of hydrogen-bond donors (Lipinski definition) is 0. The van der Waals surface area contributed by atoms with Gasteiger partial charge in [0.25, 0.3) is 0 Å². The Bertz CT molecular complexity index is 3440. The van der Waals surface area contributed by atoms with Gasteiger partial charge in [-0.25, -0.2) is 0 Å². The van der Waals surface area contributed by atoms with Crippen molar-refractivity contribution in [3.8, 4) is 44.8 Å². The van der Waals surface area contributed by atoms with Crippen molar-refractivity contribution in [3.05, 3.63) is 194 Å². The minimum Gasteiger partial charge on any atom is -0.309 e. The molecular formula is C54H38N2Si. The van der Waals surface area contributed by atoms with Gasteiger partial charge >= 0.3 is 0 Å². The second kappa shape index (κ2) is 12.0. The largest absolute Gasteiger partial charge is 0.309 e. The molecule has 0 N–H and O–H groups in total. The van der Waals surface area contributed by atoms with E-state index in [-0.39, 0.29) is 0 Å². The van der Waals surface area contributed by atoms with Gasteiger partial charge in [-0.3, -0.25) is 0 Å². The summed E-state index contributed by atoms with van der Waals surface area (Å²) in [4.78, 5) is 0. The van der Waals surface area contributed by atoms with Crippen molar-refractivity contribution in [2.75, 3.05) is 0 Å². The molecule has 1 aliphatic heterocycles. The van der Waals surface area contributed by atoms with Crippen LogP contribution in [0.15, 0.2) is 194 Å². The Labute approximate surface area is 332 Å². The van der Waals surface area contributed by atoms with Gasteiger partial charge in [0.2, 0.25) is 0 Å². The number of nitrogens with zero attached hydrogens (tertiary/aromatic N) is 2. The summed E-state index contributed by atoms with van der Waals surface area (Å²) >= 11 is 0. The zero-order valence-corrected chi connectivity index (χ0v) is 32.9. The van der Waals surface area contributed by atoms with E-state index >= 15 is 0 Å². The molecule has 12 rings (SSSR count). The van der Waals surface area contributed by atoms with Gasteiger partial charge in [-0.1, -0.05) is 159 Å². The van der Waals surface area contributed by atoms with Crippen LogP contribution >= 0.6 is 0 Å². The van der Waals surface area contributed by atoms with Gasteiger partial charge in [-0.2, -0.15) is 0 Å². The lowest BCUT2D eigenvalue weighted by atomic mass is 9.97. The topological polar surface area (TPSA) is 9.86 Å². The maximum absolute atomic E-state index is 2.53. The van der Waals surface area contributed by atoms with E-state index in [9.17, 15) is 0 Å². The van der Waals surface area contributed by atoms with Crippen LogP contribution in [0.25, 0.3) is 99.1 Å². The lowest BCUT2D eigenvalue weighted by molar-refractivity contribution is 1.18. The maximum Gasteiger partial charge on any atom is 0.113 e. The van der Waals surface area contributed by atoms with Crippen LogP contribution in [0.4, 0.5) is 0 Å². The quantitative estimate of drug-likeness (QED) is 0.159. The Kier molecular flexibility index (Phi) is 6.82. The minimum atomic E-state index is -2.03. The molecule has 1 aliphatic rings. The Morgan fingerprint density at radius 1 is 0.316 bits per heavy atom. The summed E-state index contributed by atoms with van der Waals surface area (Å²) in [6, 6.07) is 72.3. The molecule has 9 aromatic carbocycles. The molecule has 2 nitrogen and oxygen atoms in total. The number of aromatic nitrogens is 2. The van der Waals surface area contributed by atoms with Crippen LogP contribution < -0.4 is 10.4 Å². The van der Waals surface area contributed by atoms with Gasteiger partial charge < -0.3 is 9.13 Å². The maximum atomic E-state index is 2.53. The molecule has 0 saturated heterocycles. The van der Waals surface area contributed by atoms with Crippen molar-refractivity contribution in [3.63, 3.8) is 0 Å². The lowest BCUT2D eigenvalue weighted by Gasteiger charge is -2.20. The van der Waals surface area contributed by atoms with Gasteiger partial charge in [0.05, 0.1) is 22.1 Å². The van der Waals surface area contributed by atoms with Crippen molar-refractivity contribution in [2.24, 2.45) is 0 Å². The fourth-order valence-electron chi connectivity index (χ4n) is 9.85. The second-order valence-corrected chi connectivity index (χ2v) is 20.5. The molecule has 3 heterocycles. The molecule has 0 spiro atoms. The first-order valence-electron chi connectivity index (χ1n) is 19.9. The van der Waals surface area contributed by atoms with E-state index in [0.717, 1.165) is 0 Å². The molecule has 0 unspecified atom stereocenters. The Morgan fingerprint density at radius 2 is 0.772 bits per heavy atom. The molecule has 0 aliphatic carbocycles. The highest BCUT2D eigenvalue weighted by Crippen LogP contribution is 2.39. The van der Waals surface area contributed by atoms with E-state index in [2.05, 4.69) is 216 Å². The normalized spacial score (nSPS) is 13.2. The van der Waals surface area contributed by atoms with E-state index < -0.39 is 8.07 Å². The first kappa shape index (κ1) is 32.3. The molecule has 0 atom stereocenters. The monoisotopic (exact) mass is 742 g/mol. The third-order valence-corrected chi connectivity index (χ3v) is 16.2. The third-order valence-electron chi connectivity index (χ3n) is 12.7. The number of rotatable bonds is 4. The van der Waals surface area contributed by atoms with E-state index in [1.54, 1.807) is 0 Å². The van der Waals surface area contributed by atoms with Gasteiger partial charge in [0.15, 0.2) is 0 Å². The van der Waals surface area contributed by atoms with Crippen molar-refractivity contribution in [2.45, 2.75) is 13.1 Å². The summed E-state index contributed by atoms with van der Waals surface area (Å²) in [5.74, 6) is 0. The molecule has 11 aromatic rings. The van der Waals surface area contributed by atoms with Crippen LogP contribution in [0, 0.1) is 0 Å². The Balaban J connectivity index is 0.958. The standard InChI is InChI=1S/C54H38N2Si/c1-57(2)53-33-39(37-21-26-45-43-16-8-10-18-49(43)55(51(45)31-37)41-14-4-3-5-15-41)23-28-47(53)48-29-24-40(34-54(48)57)38-22-27-46-44-17-9-11-19-50(44)56(52(46)32-38)42-25-20-35-12-6-7-13-36(35)30-42/h3-34H,1-2H3. The first-order chi connectivity index (χ1) is 28.0. The average Bonchev–Trinajstić information content (AvgIpc) is 3.85. The molecule has 2 aromatic heterocycles. The molecule has 268 valence electrons. The van der Waals surface area contributed by atoms with Gasteiger partial charge in [-0.05, 0) is 103 Å². The highest BCUT2D eigenvalue weighted by atomic mass is 28.3. The van der Waals surface area contributed by atoms with Crippen LogP contribution in [0.1, 0.15) is 0 Å². The van der Waals surface area contributed by atoms with E-state index in [0.29, 0.717) is 0 Å². The van der Waals surface area contributed by atoms with E-state index in [1.807, 2.05) is 0 Å². The average molecular weight is 743 g/mol. The summed E-state index contributed by atoms with van der Waals surface area (Å²) in [7, 11) is -2.03. The Morgan fingerprint density at radius 3 is 1.37 bits per heavy atom. The predicted octanol–water partition coefficient (Wildman–Crippen LogP) is 13.2. The molecule has 0 fully saturated rings. The highest BCUT2D eigenvalue weighted by molar-refractivity contribution is 7.03. The van der Waals surface area contributed by atoms with Crippen LogP contribution in [0.2, 0.25) is 13.1 Å². The fraction of sp³-hybridized carbons (Fsp3) is 0.0370. The molecule has 57 heavy (non-hydrogen) atoms. The zero-order valence-electron chi connectivity index (χ0n) is 31.9. The smallest absolute Gasteiger partial charge is 0.113 e. The Hall–Kier alpha value is -6.94. The molecule has 0 bridgehead atoms. The molecular weight excluding hydrogens is 705 g/mol. The summed E-state index contributed by atoms with van der Waals surface area (Å²) in [6.07, 6.45) is 0. The van der Waals surface area contributed by atoms with Crippen LogP contribution in [-0.4, -0.2) is 17.2 Å². The zero-order chi connectivity index (χ0) is 37.8. The van der Waals surface area contributed by atoms with Crippen LogP contribution in [-0.2, 0) is 0 Å². The molecule has 3 heteroatoms. The number of hydrogen-bond acceptors (Lipinski definition) is 0. The lowest BCUT2D eigenvalue weighted by Crippen LogP contribution is -2.49. The highest BCUT2D eigenvalue weighted by Gasteiger charge is 2.38. The third kappa shape index (κ3) is 4.76. The van der Waals surface area contributed by atoms with Gasteiger partial charge in [0, 0.05) is 32.9 Å². The van der Waals surface area contributed by atoms with Crippen molar-refractivity contribution < 1.29 is 0 Å². The first-order valence-corrected chi connectivity index (χ1v) is 22.9. The van der Waals surface area contributed by atoms with Gasteiger partial charge in [-0.15, -0.1) is 0 Å². The van der Waals surface area contributed by atoms with E-state index in [4.69, 9.17) is 0 Å². The van der Waals surface area contributed by atoms with Crippen molar-refractivity contribution >= 4 is 72.8 Å². The summed E-state index contributed by atoms with van der Waals surface area (Å²) < 4.78 is 4.86. The van der Waals surface area contributed by atoms with Crippen LogP contribution in [0.5, 0.6) is 0 Å². The second-order valence-electron chi connectivity index (χ2n) is 16.2. The molecule has 0 radical (unpaired) electrons. The van der Waals surface area contributed by atoms with Crippen molar-refractivity contribution in [1.82, 2.24) is 9.13 Å². The minimum absolute atomic E-state index is 1.18. The summed E-state index contributed by atoms with van der Waals surface area (Å²) in [5, 5.41) is 10.7.